The standard InChI is InChI=1S/C20H30N2O3/c1-13(2)21-17(24)19(8-4-3-5-9-19)22-12-14-11-15-16(23)7-6-10-20(14,15)18(22)25/h13-15H,3-12H2,1-2H3,(H,21,24)/t14-,15-,20+/m1/s1. The molecule has 0 bridgehead atoms. The summed E-state index contributed by atoms with van der Waals surface area (Å²) in [5.74, 6) is 0.619. The monoisotopic (exact) mass is 346 g/mol. The van der Waals surface area contributed by atoms with Gasteiger partial charge >= 0.3 is 0 Å². The van der Waals surface area contributed by atoms with Gasteiger partial charge in [0.25, 0.3) is 0 Å². The van der Waals surface area contributed by atoms with Gasteiger partial charge in [-0.05, 0) is 51.9 Å². The lowest BCUT2D eigenvalue weighted by Gasteiger charge is -2.52. The summed E-state index contributed by atoms with van der Waals surface area (Å²) >= 11 is 0. The number of amides is 2. The van der Waals surface area contributed by atoms with E-state index in [0.29, 0.717) is 13.0 Å². The lowest BCUT2D eigenvalue weighted by Crippen LogP contribution is -2.63. The van der Waals surface area contributed by atoms with E-state index in [9.17, 15) is 14.4 Å². The van der Waals surface area contributed by atoms with Crippen molar-refractivity contribution in [3.05, 3.63) is 0 Å². The summed E-state index contributed by atoms with van der Waals surface area (Å²) in [4.78, 5) is 41.0. The lowest BCUT2D eigenvalue weighted by atomic mass is 9.48. The van der Waals surface area contributed by atoms with Crippen LogP contribution in [0.5, 0.6) is 0 Å². The van der Waals surface area contributed by atoms with E-state index in [-0.39, 0.29) is 35.5 Å². The van der Waals surface area contributed by atoms with Gasteiger partial charge in [0.15, 0.2) is 0 Å². The predicted octanol–water partition coefficient (Wildman–Crippen LogP) is 2.43. The molecule has 5 nitrogen and oxygen atoms in total. The Labute approximate surface area is 149 Å². The van der Waals surface area contributed by atoms with E-state index in [2.05, 4.69) is 5.32 Å². The van der Waals surface area contributed by atoms with Gasteiger partial charge in [0.1, 0.15) is 11.3 Å². The van der Waals surface area contributed by atoms with Crippen LogP contribution in [-0.4, -0.2) is 40.6 Å². The van der Waals surface area contributed by atoms with Crippen LogP contribution in [0.25, 0.3) is 0 Å². The third-order valence-electron chi connectivity index (χ3n) is 7.36. The molecule has 0 unspecified atom stereocenters. The number of likely N-dealkylation sites (tertiary alicyclic amines) is 1. The number of rotatable bonds is 3. The third kappa shape index (κ3) is 2.23. The Balaban J connectivity index is 1.66. The molecule has 4 rings (SSSR count). The van der Waals surface area contributed by atoms with Crippen molar-refractivity contribution in [1.82, 2.24) is 10.2 Å². The van der Waals surface area contributed by atoms with E-state index < -0.39 is 11.0 Å². The zero-order valence-electron chi connectivity index (χ0n) is 15.5. The Morgan fingerprint density at radius 2 is 1.84 bits per heavy atom. The van der Waals surface area contributed by atoms with Gasteiger partial charge in [-0.1, -0.05) is 19.3 Å². The van der Waals surface area contributed by atoms with Crippen molar-refractivity contribution in [2.24, 2.45) is 17.3 Å². The molecule has 0 aromatic carbocycles. The number of nitrogens with one attached hydrogen (secondary N) is 1. The molecular formula is C20H30N2O3. The van der Waals surface area contributed by atoms with Crippen LogP contribution in [0.2, 0.25) is 0 Å². The van der Waals surface area contributed by atoms with Gasteiger partial charge in [-0.25, -0.2) is 0 Å². The topological polar surface area (TPSA) is 66.5 Å². The van der Waals surface area contributed by atoms with E-state index in [1.807, 2.05) is 18.7 Å². The zero-order chi connectivity index (χ0) is 17.8. The normalized spacial score (nSPS) is 36.7. The molecule has 4 aliphatic rings. The largest absolute Gasteiger partial charge is 0.352 e. The summed E-state index contributed by atoms with van der Waals surface area (Å²) in [7, 11) is 0. The summed E-state index contributed by atoms with van der Waals surface area (Å²) in [6.07, 6.45) is 7.80. The van der Waals surface area contributed by atoms with E-state index in [4.69, 9.17) is 0 Å². The SMILES string of the molecule is CC(C)NC(=O)C1(N2C[C@H]3C[C@@H]4C(=O)CCC[C@]34C2=O)CCCCC1. The van der Waals surface area contributed by atoms with Crippen LogP contribution in [-0.2, 0) is 14.4 Å². The maximum atomic E-state index is 13.6. The predicted molar refractivity (Wildman–Crippen MR) is 93.7 cm³/mol. The first-order chi connectivity index (χ1) is 11.9. The Morgan fingerprint density at radius 3 is 2.52 bits per heavy atom. The average molecular weight is 346 g/mol. The highest BCUT2D eigenvalue weighted by Gasteiger charge is 2.70. The third-order valence-corrected chi connectivity index (χ3v) is 7.36. The highest BCUT2D eigenvalue weighted by Crippen LogP contribution is 2.63. The molecule has 3 aliphatic carbocycles. The van der Waals surface area contributed by atoms with Crippen LogP contribution in [0.15, 0.2) is 0 Å². The minimum absolute atomic E-state index is 0.0203. The molecule has 1 aliphatic heterocycles. The number of ketones is 1. The van der Waals surface area contributed by atoms with E-state index >= 15 is 0 Å². The van der Waals surface area contributed by atoms with Gasteiger partial charge in [0.2, 0.25) is 11.8 Å². The van der Waals surface area contributed by atoms with Crippen molar-refractivity contribution in [3.8, 4) is 0 Å². The second kappa shape index (κ2) is 5.82. The van der Waals surface area contributed by atoms with Crippen LogP contribution < -0.4 is 5.32 Å². The van der Waals surface area contributed by atoms with E-state index in [0.717, 1.165) is 51.4 Å². The van der Waals surface area contributed by atoms with E-state index in [1.54, 1.807) is 0 Å². The van der Waals surface area contributed by atoms with Crippen LogP contribution in [0.1, 0.15) is 71.6 Å². The number of hydrogen-bond donors (Lipinski definition) is 1. The van der Waals surface area contributed by atoms with Crippen molar-refractivity contribution >= 4 is 17.6 Å². The first kappa shape index (κ1) is 17.0. The fraction of sp³-hybridized carbons (Fsp3) is 0.850. The highest BCUT2D eigenvalue weighted by molar-refractivity contribution is 6.00. The zero-order valence-corrected chi connectivity index (χ0v) is 15.5. The van der Waals surface area contributed by atoms with Crippen LogP contribution >= 0.6 is 0 Å². The molecule has 0 aromatic rings. The quantitative estimate of drug-likeness (QED) is 0.853. The Kier molecular flexibility index (Phi) is 3.97. The van der Waals surface area contributed by atoms with Crippen molar-refractivity contribution in [3.63, 3.8) is 0 Å². The minimum atomic E-state index is -0.684. The van der Waals surface area contributed by atoms with Gasteiger partial charge in [0, 0.05) is 24.9 Å². The van der Waals surface area contributed by atoms with Crippen LogP contribution in [0, 0.1) is 17.3 Å². The first-order valence-electron chi connectivity index (χ1n) is 10.1. The highest BCUT2D eigenvalue weighted by atomic mass is 16.2. The molecule has 0 aromatic heterocycles. The van der Waals surface area contributed by atoms with Crippen LogP contribution in [0.4, 0.5) is 0 Å². The summed E-state index contributed by atoms with van der Waals surface area (Å²) in [6.45, 7) is 4.62. The number of carbonyl (C=O) groups excluding carboxylic acids is 3. The molecule has 3 saturated carbocycles. The van der Waals surface area contributed by atoms with Gasteiger partial charge in [-0.3, -0.25) is 14.4 Å². The molecule has 138 valence electrons. The second-order valence-electron chi connectivity index (χ2n) is 8.98. The van der Waals surface area contributed by atoms with Gasteiger partial charge in [-0.15, -0.1) is 0 Å². The Morgan fingerprint density at radius 1 is 1.12 bits per heavy atom. The molecule has 3 atom stereocenters. The molecule has 1 N–H and O–H groups in total. The molecule has 5 heteroatoms. The summed E-state index contributed by atoms with van der Waals surface area (Å²) in [5, 5.41) is 3.08. The smallest absolute Gasteiger partial charge is 0.246 e. The minimum Gasteiger partial charge on any atom is -0.352 e. The molecule has 1 heterocycles. The Hall–Kier alpha value is -1.39. The molecule has 4 fully saturated rings. The van der Waals surface area contributed by atoms with Crippen molar-refractivity contribution < 1.29 is 14.4 Å². The average Bonchev–Trinajstić information content (AvgIpc) is 2.74. The van der Waals surface area contributed by atoms with Crippen molar-refractivity contribution in [2.45, 2.75) is 83.2 Å². The molecule has 1 saturated heterocycles. The lowest BCUT2D eigenvalue weighted by molar-refractivity contribution is -0.164. The van der Waals surface area contributed by atoms with E-state index in [1.165, 1.54) is 0 Å². The maximum Gasteiger partial charge on any atom is 0.246 e. The molecule has 2 amide bonds. The van der Waals surface area contributed by atoms with Gasteiger partial charge < -0.3 is 10.2 Å². The molecular weight excluding hydrogens is 316 g/mol. The fourth-order valence-electron chi connectivity index (χ4n) is 6.10. The molecule has 1 spiro atoms. The summed E-state index contributed by atoms with van der Waals surface area (Å²) < 4.78 is 0. The van der Waals surface area contributed by atoms with Gasteiger partial charge in [0.05, 0.1) is 5.41 Å². The Bertz CT molecular complexity index is 608. The van der Waals surface area contributed by atoms with Crippen molar-refractivity contribution in [2.75, 3.05) is 6.54 Å². The number of hydrogen-bond acceptors (Lipinski definition) is 3. The maximum absolute atomic E-state index is 13.6. The van der Waals surface area contributed by atoms with Crippen LogP contribution in [0.3, 0.4) is 0 Å². The summed E-state index contributed by atoms with van der Waals surface area (Å²) in [5.41, 5.74) is -1.14. The first-order valence-corrected chi connectivity index (χ1v) is 10.1. The second-order valence-corrected chi connectivity index (χ2v) is 8.98. The van der Waals surface area contributed by atoms with Gasteiger partial charge in [-0.2, -0.15) is 0 Å². The van der Waals surface area contributed by atoms with Crippen molar-refractivity contribution in [1.29, 1.82) is 0 Å². The summed E-state index contributed by atoms with van der Waals surface area (Å²) in [6, 6.07) is 0.0721. The fourth-order valence-corrected chi connectivity index (χ4v) is 6.10. The number of nitrogens with zero attached hydrogens (tertiary/aromatic N) is 1. The number of Topliss-reactive ketones (excluding diaryl/α,β-unsaturated/α-hetero) is 1. The number of carbonyl (C=O) groups is 3. The molecule has 25 heavy (non-hydrogen) atoms. The molecule has 0 radical (unpaired) electrons.